The maximum absolute atomic E-state index is 14.5. The summed E-state index contributed by atoms with van der Waals surface area (Å²) in [5.74, 6) is -0.288. The van der Waals surface area contributed by atoms with Crippen LogP contribution in [0.4, 0.5) is 4.79 Å². The second kappa shape index (κ2) is 22.5. The predicted octanol–water partition coefficient (Wildman–Crippen LogP) is 13.2. The molecule has 0 spiro atoms. The number of carbonyl (C=O) groups excluding carboxylic acids is 2. The number of unbranched alkanes of at least 4 members (excludes halogenated alkanes) is 1. The smallest absolute Gasteiger partial charge is 0.410 e. The summed E-state index contributed by atoms with van der Waals surface area (Å²) in [4.78, 5) is 30.8. The van der Waals surface area contributed by atoms with Crippen LogP contribution >= 0.6 is 23.5 Å². The summed E-state index contributed by atoms with van der Waals surface area (Å²) >= 11 is 3.83. The minimum atomic E-state index is -0.683. The van der Waals surface area contributed by atoms with E-state index >= 15 is 0 Å². The van der Waals surface area contributed by atoms with Crippen molar-refractivity contribution in [1.82, 2.24) is 9.80 Å². The van der Waals surface area contributed by atoms with Crippen molar-refractivity contribution >= 4 is 35.5 Å². The van der Waals surface area contributed by atoms with Gasteiger partial charge in [0.15, 0.2) is 0 Å². The number of ether oxygens (including phenoxy) is 1. The lowest BCUT2D eigenvalue weighted by Crippen LogP contribution is -2.49. The molecule has 2 N–H and O–H groups in total. The lowest BCUT2D eigenvalue weighted by molar-refractivity contribution is -0.118. The molecule has 6 aromatic rings. The van der Waals surface area contributed by atoms with Gasteiger partial charge in [-0.05, 0) is 101 Å². The molecule has 66 heavy (non-hydrogen) atoms. The number of rotatable bonds is 22. The minimum Gasteiger partial charge on any atom is -0.444 e. The first-order valence-corrected chi connectivity index (χ1v) is 24.9. The monoisotopic (exact) mass is 919 g/mol. The number of carbonyl (C=O) groups is 2. The van der Waals surface area contributed by atoms with Gasteiger partial charge in [0.1, 0.15) is 5.60 Å². The largest absolute Gasteiger partial charge is 0.444 e. The van der Waals surface area contributed by atoms with Gasteiger partial charge in [0.2, 0.25) is 5.91 Å². The van der Waals surface area contributed by atoms with E-state index in [9.17, 15) is 9.59 Å². The van der Waals surface area contributed by atoms with Crippen LogP contribution in [-0.2, 0) is 19.0 Å². The van der Waals surface area contributed by atoms with Gasteiger partial charge in [-0.25, -0.2) is 4.79 Å². The normalized spacial score (nSPS) is 12.5. The molecule has 346 valence electrons. The predicted molar refractivity (Wildman–Crippen MR) is 279 cm³/mol. The number of primary amides is 1. The molecule has 0 unspecified atom stereocenters. The second-order valence-electron chi connectivity index (χ2n) is 19.4. The van der Waals surface area contributed by atoms with E-state index in [1.165, 1.54) is 33.4 Å². The van der Waals surface area contributed by atoms with Crippen molar-refractivity contribution in [3.63, 3.8) is 0 Å². The molecule has 0 aromatic heterocycles. The van der Waals surface area contributed by atoms with Crippen molar-refractivity contribution < 1.29 is 14.3 Å². The Hall–Kier alpha value is -5.28. The highest BCUT2D eigenvalue weighted by Crippen LogP contribution is 2.55. The molecule has 0 saturated heterocycles. The highest BCUT2D eigenvalue weighted by molar-refractivity contribution is 8.02. The molecule has 0 bridgehead atoms. The molecule has 0 aliphatic heterocycles. The summed E-state index contributed by atoms with van der Waals surface area (Å²) in [5.41, 5.74) is 12.1. The fraction of sp³-hybridized carbons (Fsp3) is 0.345. The van der Waals surface area contributed by atoms with Gasteiger partial charge in [0, 0.05) is 42.1 Å². The van der Waals surface area contributed by atoms with Crippen LogP contribution in [0.5, 0.6) is 0 Å². The van der Waals surface area contributed by atoms with Crippen molar-refractivity contribution in [2.45, 2.75) is 92.3 Å². The molecule has 0 fully saturated rings. The zero-order chi connectivity index (χ0) is 47.3. The van der Waals surface area contributed by atoms with Crippen molar-refractivity contribution in [2.24, 2.45) is 5.73 Å². The number of nitrogens with zero attached hydrogens (tertiary/aromatic N) is 2. The number of benzene rings is 6. The van der Waals surface area contributed by atoms with Crippen LogP contribution in [0.25, 0.3) is 0 Å². The Morgan fingerprint density at radius 2 is 0.773 bits per heavy atom. The first-order valence-electron chi connectivity index (χ1n) is 23.3. The van der Waals surface area contributed by atoms with Gasteiger partial charge in [-0.1, -0.05) is 182 Å². The second-order valence-corrected chi connectivity index (χ2v) is 23.2. The number of nitrogens with two attached hydrogens (primary N) is 1. The van der Waals surface area contributed by atoms with E-state index in [0.29, 0.717) is 32.5 Å². The van der Waals surface area contributed by atoms with Crippen LogP contribution in [-0.4, -0.2) is 69.6 Å². The number of amides is 2. The number of thioether (sulfide) groups is 2. The van der Waals surface area contributed by atoms with Gasteiger partial charge in [-0.2, -0.15) is 0 Å². The van der Waals surface area contributed by atoms with Crippen LogP contribution in [0.2, 0.25) is 0 Å². The number of hydrogen-bond donors (Lipinski definition) is 1. The molecule has 0 heterocycles. The fourth-order valence-corrected chi connectivity index (χ4v) is 12.7. The summed E-state index contributed by atoms with van der Waals surface area (Å²) in [7, 11) is 0. The fourth-order valence-electron chi connectivity index (χ4n) is 9.01. The highest BCUT2D eigenvalue weighted by atomic mass is 32.2. The molecule has 0 atom stereocenters. The molecule has 0 saturated carbocycles. The molecule has 6 aromatic carbocycles. The summed E-state index contributed by atoms with van der Waals surface area (Å²) in [6.07, 6.45) is 1.50. The standard InChI is InChI=1S/C58H69N3O3S2/c1-54(2,3)64-53(63)61(45-56(6,7)66-58(49-34-20-11-21-35-49,50-36-22-12-23-37-50)51-38-24-13-25-39-51)43-42-60(41-27-26-40-52(59)62)44-55(4,5)65-57(46-28-14-8-15-29-46,47-30-16-9-17-31-47)48-32-18-10-19-33-48/h8-25,28-39H,26-27,40-45H2,1-7H3,(H2,59,62). The number of hydrogen-bond acceptors (Lipinski definition) is 6. The molecular formula is C58H69N3O3S2. The molecule has 6 rings (SSSR count). The van der Waals surface area contributed by atoms with E-state index < -0.39 is 19.8 Å². The topological polar surface area (TPSA) is 75.9 Å². The van der Waals surface area contributed by atoms with E-state index in [1.807, 2.05) is 49.2 Å². The maximum atomic E-state index is 14.5. The molecular weight excluding hydrogens is 851 g/mol. The SMILES string of the molecule is CC(C)(C)OC(=O)N(CCN(CCCCC(N)=O)CC(C)(C)SC(c1ccccc1)(c1ccccc1)c1ccccc1)CC(C)(C)SC(c1ccccc1)(c1ccccc1)c1ccccc1. The highest BCUT2D eigenvalue weighted by Gasteiger charge is 2.45. The van der Waals surface area contributed by atoms with Crippen LogP contribution < -0.4 is 5.73 Å². The summed E-state index contributed by atoms with van der Waals surface area (Å²) < 4.78 is 4.33. The quantitative estimate of drug-likeness (QED) is 0.0540. The van der Waals surface area contributed by atoms with E-state index in [4.69, 9.17) is 10.5 Å². The minimum absolute atomic E-state index is 0.288. The first kappa shape index (κ1) is 50.1. The van der Waals surface area contributed by atoms with Gasteiger partial charge in [-0.3, -0.25) is 4.79 Å². The summed E-state index contributed by atoms with van der Waals surface area (Å²) in [5, 5.41) is 0. The van der Waals surface area contributed by atoms with Crippen molar-refractivity contribution in [3.05, 3.63) is 215 Å². The Kier molecular flexibility index (Phi) is 17.1. The zero-order valence-corrected chi connectivity index (χ0v) is 41.6. The van der Waals surface area contributed by atoms with E-state index in [1.54, 1.807) is 0 Å². The van der Waals surface area contributed by atoms with Crippen LogP contribution in [0.3, 0.4) is 0 Å². The molecule has 0 radical (unpaired) electrons. The molecule has 0 aliphatic carbocycles. The third-order valence-electron chi connectivity index (χ3n) is 11.6. The Labute approximate surface area is 403 Å². The van der Waals surface area contributed by atoms with Crippen LogP contribution in [0.15, 0.2) is 182 Å². The van der Waals surface area contributed by atoms with Gasteiger partial charge < -0.3 is 20.3 Å². The van der Waals surface area contributed by atoms with Gasteiger partial charge in [0.25, 0.3) is 0 Å². The lowest BCUT2D eigenvalue weighted by atomic mass is 9.84. The Balaban J connectivity index is 1.35. The molecule has 8 heteroatoms. The lowest BCUT2D eigenvalue weighted by Gasteiger charge is -2.44. The van der Waals surface area contributed by atoms with E-state index in [-0.39, 0.29) is 16.7 Å². The van der Waals surface area contributed by atoms with E-state index in [2.05, 4.69) is 215 Å². The Morgan fingerprint density at radius 3 is 1.08 bits per heavy atom. The van der Waals surface area contributed by atoms with Crippen LogP contribution in [0.1, 0.15) is 101 Å². The van der Waals surface area contributed by atoms with E-state index in [0.717, 1.165) is 19.5 Å². The average molecular weight is 920 g/mol. The third kappa shape index (κ3) is 13.2. The van der Waals surface area contributed by atoms with Crippen molar-refractivity contribution in [2.75, 3.05) is 32.7 Å². The van der Waals surface area contributed by atoms with Crippen molar-refractivity contribution in [1.29, 1.82) is 0 Å². The summed E-state index contributed by atoms with van der Waals surface area (Å²) in [6.45, 7) is 17.9. The zero-order valence-electron chi connectivity index (χ0n) is 40.0. The van der Waals surface area contributed by atoms with Gasteiger partial charge >= 0.3 is 6.09 Å². The van der Waals surface area contributed by atoms with Gasteiger partial charge in [-0.15, -0.1) is 23.5 Å². The Bertz CT molecular complexity index is 2200. The maximum Gasteiger partial charge on any atom is 0.410 e. The first-order chi connectivity index (χ1) is 31.5. The van der Waals surface area contributed by atoms with Gasteiger partial charge in [0.05, 0.1) is 9.49 Å². The summed E-state index contributed by atoms with van der Waals surface area (Å²) in [6, 6.07) is 64.6. The molecule has 0 aliphatic rings. The molecule has 6 nitrogen and oxygen atoms in total. The Morgan fingerprint density at radius 1 is 0.455 bits per heavy atom. The van der Waals surface area contributed by atoms with Crippen molar-refractivity contribution in [3.8, 4) is 0 Å². The third-order valence-corrected chi connectivity index (χ3v) is 15.0. The average Bonchev–Trinajstić information content (AvgIpc) is 3.31. The molecule has 2 amide bonds. The van der Waals surface area contributed by atoms with Crippen LogP contribution in [0, 0.1) is 0 Å².